The molecule has 0 saturated carbocycles. The Morgan fingerprint density at radius 3 is 1.89 bits per heavy atom. The summed E-state index contributed by atoms with van der Waals surface area (Å²) in [6.45, 7) is 4.75. The van der Waals surface area contributed by atoms with Gasteiger partial charge in [0.25, 0.3) is 0 Å². The zero-order valence-corrected chi connectivity index (χ0v) is 34.9. The fourth-order valence-corrected chi connectivity index (χ4v) is 11.4. The topological polar surface area (TPSA) is 3.24 Å². The number of nitrogens with zero attached hydrogens (tertiary/aromatic N) is 1. The van der Waals surface area contributed by atoms with Gasteiger partial charge in [-0.1, -0.05) is 184 Å². The number of fused-ring (bicyclic) bond motifs is 9. The van der Waals surface area contributed by atoms with Crippen LogP contribution in [0.5, 0.6) is 0 Å². The van der Waals surface area contributed by atoms with Crippen molar-refractivity contribution in [1.29, 1.82) is 0 Å². The Hall–Kier alpha value is -7.26. The molecule has 0 unspecified atom stereocenters. The van der Waals surface area contributed by atoms with Crippen LogP contribution in [0.2, 0.25) is 0 Å². The summed E-state index contributed by atoms with van der Waals surface area (Å²) >= 11 is 1.89. The number of benzene rings is 10. The van der Waals surface area contributed by atoms with Gasteiger partial charge in [-0.15, -0.1) is 11.3 Å². The first-order chi connectivity index (χ1) is 30.0. The van der Waals surface area contributed by atoms with Crippen LogP contribution >= 0.6 is 11.3 Å². The van der Waals surface area contributed by atoms with Crippen LogP contribution < -0.4 is 4.90 Å². The molecule has 1 aromatic heterocycles. The van der Waals surface area contributed by atoms with Crippen LogP contribution in [0.25, 0.3) is 86.2 Å². The molecular weight excluding hydrogens is 755 g/mol. The Labute approximate surface area is 360 Å². The molecule has 0 atom stereocenters. The van der Waals surface area contributed by atoms with Crippen LogP contribution in [-0.2, 0) is 5.41 Å². The fourth-order valence-electron chi connectivity index (χ4n) is 10.2. The van der Waals surface area contributed by atoms with E-state index in [0.29, 0.717) is 0 Å². The van der Waals surface area contributed by atoms with Crippen molar-refractivity contribution in [3.05, 3.63) is 223 Å². The third-order valence-electron chi connectivity index (χ3n) is 13.1. The molecule has 0 radical (unpaired) electrons. The van der Waals surface area contributed by atoms with E-state index in [1.165, 1.54) is 97.4 Å². The lowest BCUT2D eigenvalue weighted by molar-refractivity contribution is 0.660. The Kier molecular flexibility index (Phi) is 8.13. The summed E-state index contributed by atoms with van der Waals surface area (Å²) in [4.78, 5) is 2.53. The first-order valence-electron chi connectivity index (χ1n) is 21.2. The number of hydrogen-bond acceptors (Lipinski definition) is 2. The SMILES string of the molecule is CC1(C)c2ccccc2-c2ccc(N(c3cccc(-c4ccccc4)c3)c3cccc(-c4cccc5c4sc4ccccc45)c3-c3cc4ccccc4c4ccccc34)cc21. The van der Waals surface area contributed by atoms with E-state index in [1.807, 2.05) is 11.3 Å². The number of hydrogen-bond donors (Lipinski definition) is 0. The molecule has 1 heterocycles. The van der Waals surface area contributed by atoms with Crippen molar-refractivity contribution in [2.45, 2.75) is 19.3 Å². The molecule has 11 aromatic rings. The van der Waals surface area contributed by atoms with E-state index in [9.17, 15) is 0 Å². The smallest absolute Gasteiger partial charge is 0.0546 e. The van der Waals surface area contributed by atoms with Gasteiger partial charge in [-0.2, -0.15) is 0 Å². The minimum atomic E-state index is -0.157. The molecule has 1 aliphatic rings. The third kappa shape index (κ3) is 5.60. The van der Waals surface area contributed by atoms with Gasteiger partial charge in [-0.3, -0.25) is 0 Å². The molecule has 12 rings (SSSR count). The Morgan fingerprint density at radius 2 is 1.00 bits per heavy atom. The van der Waals surface area contributed by atoms with Crippen LogP contribution in [-0.4, -0.2) is 0 Å². The lowest BCUT2D eigenvalue weighted by Gasteiger charge is -2.31. The monoisotopic (exact) mass is 795 g/mol. The van der Waals surface area contributed by atoms with E-state index < -0.39 is 0 Å². The summed E-state index contributed by atoms with van der Waals surface area (Å²) in [7, 11) is 0. The van der Waals surface area contributed by atoms with Crippen molar-refractivity contribution in [1.82, 2.24) is 0 Å². The predicted octanol–water partition coefficient (Wildman–Crippen LogP) is 17.1. The quantitative estimate of drug-likeness (QED) is 0.152. The Morgan fingerprint density at radius 1 is 0.377 bits per heavy atom. The van der Waals surface area contributed by atoms with Crippen LogP contribution in [0.4, 0.5) is 17.1 Å². The Balaban J connectivity index is 1.20. The number of anilines is 3. The normalized spacial score (nSPS) is 12.9. The molecular formula is C59H41NS. The summed E-state index contributed by atoms with van der Waals surface area (Å²) in [6.07, 6.45) is 0. The molecule has 10 aromatic carbocycles. The molecule has 288 valence electrons. The molecule has 2 heteroatoms. The van der Waals surface area contributed by atoms with Gasteiger partial charge in [0.05, 0.1) is 5.69 Å². The number of rotatable bonds is 6. The van der Waals surface area contributed by atoms with Gasteiger partial charge in [-0.25, -0.2) is 0 Å². The van der Waals surface area contributed by atoms with Gasteiger partial charge in [-0.05, 0) is 109 Å². The second kappa shape index (κ2) is 13.9. The zero-order chi connectivity index (χ0) is 40.7. The summed E-state index contributed by atoms with van der Waals surface area (Å²) in [6, 6.07) is 78.9. The molecule has 0 saturated heterocycles. The highest BCUT2D eigenvalue weighted by Gasteiger charge is 2.36. The van der Waals surface area contributed by atoms with E-state index >= 15 is 0 Å². The van der Waals surface area contributed by atoms with Crippen molar-refractivity contribution in [3.8, 4) is 44.5 Å². The summed E-state index contributed by atoms with van der Waals surface area (Å²) < 4.78 is 2.61. The van der Waals surface area contributed by atoms with Crippen LogP contribution in [0.15, 0.2) is 212 Å². The van der Waals surface area contributed by atoms with E-state index in [1.54, 1.807) is 0 Å². The molecule has 1 aliphatic carbocycles. The highest BCUT2D eigenvalue weighted by Crippen LogP contribution is 2.54. The molecule has 0 aliphatic heterocycles. The molecule has 0 fully saturated rings. The molecule has 0 amide bonds. The fraction of sp³-hybridized carbons (Fsp3) is 0.0508. The maximum absolute atomic E-state index is 2.53. The van der Waals surface area contributed by atoms with E-state index in [4.69, 9.17) is 0 Å². The van der Waals surface area contributed by atoms with Crippen molar-refractivity contribution in [3.63, 3.8) is 0 Å². The van der Waals surface area contributed by atoms with Crippen molar-refractivity contribution < 1.29 is 0 Å². The van der Waals surface area contributed by atoms with Gasteiger partial charge in [0, 0.05) is 48.1 Å². The predicted molar refractivity (Wildman–Crippen MR) is 263 cm³/mol. The van der Waals surface area contributed by atoms with Crippen molar-refractivity contribution >= 4 is 70.1 Å². The lowest BCUT2D eigenvalue weighted by atomic mass is 9.82. The standard InChI is InChI=1S/C59H41NS/c1-59(2)53-30-12-10-25-46(53)47-34-33-42(37-54(47)59)60(41-21-14-20-39(35-41)38-17-4-3-5-18-38)55-31-16-27-49(51-29-15-28-50-48-26-11-13-32-56(48)61-58(50)51)57(55)52-36-40-19-6-7-22-43(40)44-23-8-9-24-45(44)52/h3-37H,1-2H3. The first-order valence-corrected chi connectivity index (χ1v) is 22.0. The second-order valence-corrected chi connectivity index (χ2v) is 17.9. The largest absolute Gasteiger partial charge is 0.310 e. The average Bonchev–Trinajstić information content (AvgIpc) is 3.81. The maximum atomic E-state index is 2.53. The highest BCUT2D eigenvalue weighted by molar-refractivity contribution is 7.26. The maximum Gasteiger partial charge on any atom is 0.0546 e. The van der Waals surface area contributed by atoms with E-state index in [0.717, 1.165) is 17.1 Å². The zero-order valence-electron chi connectivity index (χ0n) is 34.1. The second-order valence-electron chi connectivity index (χ2n) is 16.8. The van der Waals surface area contributed by atoms with E-state index in [2.05, 4.69) is 231 Å². The minimum absolute atomic E-state index is 0.157. The van der Waals surface area contributed by atoms with Crippen molar-refractivity contribution in [2.24, 2.45) is 0 Å². The van der Waals surface area contributed by atoms with Crippen molar-refractivity contribution in [2.75, 3.05) is 4.90 Å². The minimum Gasteiger partial charge on any atom is -0.310 e. The average molecular weight is 796 g/mol. The third-order valence-corrected chi connectivity index (χ3v) is 14.3. The molecule has 0 bridgehead atoms. The lowest BCUT2D eigenvalue weighted by Crippen LogP contribution is -2.17. The van der Waals surface area contributed by atoms with Crippen LogP contribution in [0.1, 0.15) is 25.0 Å². The molecule has 0 N–H and O–H groups in total. The summed E-state index contributed by atoms with van der Waals surface area (Å²) in [5.41, 5.74) is 15.9. The summed E-state index contributed by atoms with van der Waals surface area (Å²) in [5, 5.41) is 7.59. The van der Waals surface area contributed by atoms with Gasteiger partial charge in [0.15, 0.2) is 0 Å². The van der Waals surface area contributed by atoms with Crippen LogP contribution in [0.3, 0.4) is 0 Å². The van der Waals surface area contributed by atoms with Gasteiger partial charge in [0.2, 0.25) is 0 Å². The van der Waals surface area contributed by atoms with E-state index in [-0.39, 0.29) is 5.41 Å². The van der Waals surface area contributed by atoms with Crippen LogP contribution in [0, 0.1) is 0 Å². The summed E-state index contributed by atoms with van der Waals surface area (Å²) in [5.74, 6) is 0. The molecule has 0 spiro atoms. The highest BCUT2D eigenvalue weighted by atomic mass is 32.1. The van der Waals surface area contributed by atoms with Gasteiger partial charge >= 0.3 is 0 Å². The van der Waals surface area contributed by atoms with Gasteiger partial charge < -0.3 is 4.90 Å². The van der Waals surface area contributed by atoms with Gasteiger partial charge in [0.1, 0.15) is 0 Å². The molecule has 1 nitrogen and oxygen atoms in total. The number of thiophene rings is 1. The Bertz CT molecular complexity index is 3520. The first kappa shape index (κ1) is 35.7. The molecule has 61 heavy (non-hydrogen) atoms.